The Labute approximate surface area is 423 Å². The zero-order chi connectivity index (χ0) is 55.2. The van der Waals surface area contributed by atoms with E-state index in [1.165, 1.54) is 0 Å². The molecule has 10 nitrogen and oxygen atoms in total. The lowest BCUT2D eigenvalue weighted by molar-refractivity contribution is -0.137. The van der Waals surface area contributed by atoms with Gasteiger partial charge in [-0.15, -0.1) is 0 Å². The number of rotatable bonds is 13. The molecule has 0 aliphatic carbocycles. The molecule has 0 bridgehead atoms. The van der Waals surface area contributed by atoms with Gasteiger partial charge in [0, 0.05) is 103 Å². The van der Waals surface area contributed by atoms with Gasteiger partial charge in [-0.1, -0.05) is 145 Å². The van der Waals surface area contributed by atoms with Crippen molar-refractivity contribution in [3.63, 3.8) is 0 Å². The van der Waals surface area contributed by atoms with Crippen molar-refractivity contribution in [3.05, 3.63) is 0 Å². The van der Waals surface area contributed by atoms with E-state index >= 15 is 0 Å². The molecule has 0 heterocycles. The highest BCUT2D eigenvalue weighted by atomic mass is 32.2. The number of amides is 5. The van der Waals surface area contributed by atoms with Gasteiger partial charge in [0.1, 0.15) is 0 Å². The van der Waals surface area contributed by atoms with Crippen molar-refractivity contribution in [2.24, 2.45) is 38.4 Å². The quantitative estimate of drug-likeness (QED) is 0.182. The predicted molar refractivity (Wildman–Crippen MR) is 296 cm³/mol. The molecule has 0 aromatic carbocycles. The number of thioether (sulfide) groups is 1. The fraction of sp³-hybridized carbons (Fsp3) is 0.911. The molecule has 0 N–H and O–H groups in total. The summed E-state index contributed by atoms with van der Waals surface area (Å²) >= 11 is 1.72. The van der Waals surface area contributed by atoms with Crippen LogP contribution >= 0.6 is 11.8 Å². The van der Waals surface area contributed by atoms with Crippen molar-refractivity contribution in [2.45, 2.75) is 249 Å². The summed E-state index contributed by atoms with van der Waals surface area (Å²) in [5.74, 6) is 2.13. The summed E-state index contributed by atoms with van der Waals surface area (Å²) in [5, 5.41) is 0. The van der Waals surface area contributed by atoms with Crippen molar-refractivity contribution in [1.29, 1.82) is 0 Å². The van der Waals surface area contributed by atoms with E-state index in [9.17, 15) is 24.0 Å². The fourth-order valence-corrected chi connectivity index (χ4v) is 6.22. The zero-order valence-corrected chi connectivity index (χ0v) is 51.7. The first-order chi connectivity index (χ1) is 29.5. The summed E-state index contributed by atoms with van der Waals surface area (Å²) in [4.78, 5) is 67.1. The Morgan fingerprint density at radius 2 is 0.672 bits per heavy atom. The highest BCUT2D eigenvalue weighted by molar-refractivity contribution is 7.98. The Morgan fingerprint density at radius 3 is 0.881 bits per heavy atom. The second-order valence-electron chi connectivity index (χ2n) is 26.0. The molecule has 0 aliphatic heterocycles. The molecule has 0 spiro atoms. The number of carbonyl (C=O) groups excluding carboxylic acids is 5. The van der Waals surface area contributed by atoms with Gasteiger partial charge < -0.3 is 24.5 Å². The zero-order valence-electron chi connectivity index (χ0n) is 50.9. The van der Waals surface area contributed by atoms with E-state index < -0.39 is 0 Å². The van der Waals surface area contributed by atoms with Gasteiger partial charge >= 0.3 is 0 Å². The van der Waals surface area contributed by atoms with Crippen LogP contribution in [0.1, 0.15) is 219 Å². The molecule has 402 valence electrons. The van der Waals surface area contributed by atoms with Crippen LogP contribution < -0.4 is 0 Å². The van der Waals surface area contributed by atoms with E-state index in [-0.39, 0.29) is 86.1 Å². The van der Waals surface area contributed by atoms with Crippen molar-refractivity contribution in [1.82, 2.24) is 24.5 Å². The molecule has 67 heavy (non-hydrogen) atoms. The lowest BCUT2D eigenvalue weighted by Gasteiger charge is -2.36. The summed E-state index contributed by atoms with van der Waals surface area (Å²) in [6.45, 7) is 56.9. The lowest BCUT2D eigenvalue weighted by Crippen LogP contribution is -2.44. The third-order valence-corrected chi connectivity index (χ3v) is 14.4. The van der Waals surface area contributed by atoms with Crippen molar-refractivity contribution in [3.8, 4) is 0 Å². The topological polar surface area (TPSA) is 102 Å². The van der Waals surface area contributed by atoms with Crippen LogP contribution in [0.5, 0.6) is 0 Å². The summed E-state index contributed by atoms with van der Waals surface area (Å²) in [6, 6.07) is 1.44. The molecule has 0 aromatic rings. The van der Waals surface area contributed by atoms with Gasteiger partial charge in [-0.2, -0.15) is 11.8 Å². The van der Waals surface area contributed by atoms with Crippen LogP contribution in [0.15, 0.2) is 0 Å². The Bertz CT molecular complexity index is 1410. The smallest absolute Gasteiger partial charge is 0.225 e. The molecule has 0 fully saturated rings. The second-order valence-corrected chi connectivity index (χ2v) is 27.0. The Balaban J connectivity index is -0.000000240. The molecule has 0 radical (unpaired) electrons. The molecule has 0 aliphatic rings. The molecule has 11 heteroatoms. The SMILES string of the molecule is CC(=O)N(C)[C@@H](C)C(C)(C)C.CC(C)C(=O)N(C)[C@@H](C)C(C)(C)C.CCCC(=O)N(C)[C@@H](C)C(C)(C)C.CSCCC(=O)N(C)[C@@H](C)C(C)(C)C.C[C@H](N(C)C(=O)CCC(C)(C)C)C(C)(C)C. The molecular formula is C56H117N5O5S. The molecule has 5 atom stereocenters. The Hall–Kier alpha value is -2.30. The Kier molecular flexibility index (Phi) is 35.0. The summed E-state index contributed by atoms with van der Waals surface area (Å²) < 4.78 is 0. The van der Waals surface area contributed by atoms with E-state index in [0.717, 1.165) is 18.6 Å². The van der Waals surface area contributed by atoms with Crippen molar-refractivity contribution < 1.29 is 24.0 Å². The van der Waals surface area contributed by atoms with Crippen molar-refractivity contribution in [2.75, 3.05) is 47.2 Å². The maximum atomic E-state index is 12.0. The lowest BCUT2D eigenvalue weighted by atomic mass is 9.86. The fourth-order valence-electron chi connectivity index (χ4n) is 5.84. The van der Waals surface area contributed by atoms with Gasteiger partial charge in [0.15, 0.2) is 0 Å². The molecule has 0 aromatic heterocycles. The largest absolute Gasteiger partial charge is 0.343 e. The average molecular weight is 973 g/mol. The number of hydrogen-bond donors (Lipinski definition) is 0. The molecule has 0 saturated heterocycles. The van der Waals surface area contributed by atoms with Gasteiger partial charge in [-0.25, -0.2) is 0 Å². The van der Waals surface area contributed by atoms with Crippen LogP contribution in [0.25, 0.3) is 0 Å². The number of hydrogen-bond acceptors (Lipinski definition) is 6. The summed E-state index contributed by atoms with van der Waals surface area (Å²) in [5.41, 5.74) is 1.02. The maximum absolute atomic E-state index is 12.0. The monoisotopic (exact) mass is 972 g/mol. The normalized spacial score (nSPS) is 14.3. The van der Waals surface area contributed by atoms with Gasteiger partial charge in [0.05, 0.1) is 0 Å². The van der Waals surface area contributed by atoms with E-state index in [2.05, 4.69) is 159 Å². The first-order valence-corrected chi connectivity index (χ1v) is 26.7. The molecule has 0 saturated carbocycles. The Morgan fingerprint density at radius 1 is 0.418 bits per heavy atom. The van der Waals surface area contributed by atoms with Gasteiger partial charge in [-0.05, 0) is 86.2 Å². The molecule has 0 rings (SSSR count). The molecule has 0 unspecified atom stereocenters. The van der Waals surface area contributed by atoms with Crippen LogP contribution in [0.4, 0.5) is 0 Å². The highest BCUT2D eigenvalue weighted by Gasteiger charge is 2.30. The third kappa shape index (κ3) is 33.8. The highest BCUT2D eigenvalue weighted by Crippen LogP contribution is 2.28. The number of nitrogens with zero attached hydrogens (tertiary/aromatic N) is 5. The van der Waals surface area contributed by atoms with Gasteiger partial charge in [0.2, 0.25) is 29.5 Å². The average Bonchev–Trinajstić information content (AvgIpc) is 3.17. The van der Waals surface area contributed by atoms with Crippen LogP contribution in [0, 0.1) is 38.4 Å². The predicted octanol–water partition coefficient (Wildman–Crippen LogP) is 13.5. The minimum atomic E-state index is 0.0924. The van der Waals surface area contributed by atoms with Crippen LogP contribution in [0.3, 0.4) is 0 Å². The van der Waals surface area contributed by atoms with Gasteiger partial charge in [-0.3, -0.25) is 24.0 Å². The first-order valence-electron chi connectivity index (χ1n) is 25.3. The van der Waals surface area contributed by atoms with E-state index in [1.54, 1.807) is 23.6 Å². The second kappa shape index (κ2) is 31.8. The van der Waals surface area contributed by atoms with Crippen LogP contribution in [-0.4, -0.2) is 131 Å². The molecular weight excluding hydrogens is 855 g/mol. The third-order valence-electron chi connectivity index (χ3n) is 13.8. The summed E-state index contributed by atoms with van der Waals surface area (Å²) in [7, 11) is 9.45. The van der Waals surface area contributed by atoms with Crippen LogP contribution in [-0.2, 0) is 24.0 Å². The standard InChI is InChI=1S/C14H29NO.C11H23NOS.2C11H23NO.C9H19NO/c1-11(14(5,6)7)15(8)12(16)9-10-13(2,3)4;1-9(11(2,3)4)12(5)10(13)7-8-14-6;1-8(2)10(13)12(7)9(3)11(4,5)6;1-7-8-10(13)12(6)9(2)11(3,4)5;1-7(9(3,4)5)10(6)8(2)11/h11H,9-10H2,1-8H3;9H,7-8H2,1-6H3;8-9H,1-7H3;9H,7-8H2,1-6H3;7H,1-6H3/t11-;3*9-;7-/m00000/s1. The minimum absolute atomic E-state index is 0.0924. The molecule has 5 amide bonds. The van der Waals surface area contributed by atoms with Gasteiger partial charge in [0.25, 0.3) is 0 Å². The minimum Gasteiger partial charge on any atom is -0.343 e. The first kappa shape index (κ1) is 73.7. The number of carbonyl (C=O) groups is 5. The van der Waals surface area contributed by atoms with Crippen molar-refractivity contribution >= 4 is 41.3 Å². The maximum Gasteiger partial charge on any atom is 0.225 e. The van der Waals surface area contributed by atoms with E-state index in [1.807, 2.05) is 81.9 Å². The van der Waals surface area contributed by atoms with Crippen LogP contribution in [0.2, 0.25) is 0 Å². The van der Waals surface area contributed by atoms with E-state index in [4.69, 9.17) is 0 Å². The van der Waals surface area contributed by atoms with E-state index in [0.29, 0.717) is 31.3 Å². The summed E-state index contributed by atoms with van der Waals surface area (Å²) in [6.07, 6.45) is 5.88.